The standard InChI is InChI=1S/C11H9N3OS/c12-10-4-3-9(16-10)11-13-7-2-1-6(15)5-8(7)14-11/h1-5,15H,12H2,(H,13,14). The number of nitrogens with zero attached hydrogens (tertiary/aromatic N) is 1. The summed E-state index contributed by atoms with van der Waals surface area (Å²) in [4.78, 5) is 8.57. The Morgan fingerprint density at radius 1 is 1.25 bits per heavy atom. The van der Waals surface area contributed by atoms with Crippen LogP contribution in [0.5, 0.6) is 5.75 Å². The van der Waals surface area contributed by atoms with Crippen LogP contribution in [0.1, 0.15) is 0 Å². The van der Waals surface area contributed by atoms with Gasteiger partial charge in [0, 0.05) is 6.07 Å². The van der Waals surface area contributed by atoms with E-state index in [0.29, 0.717) is 0 Å². The number of rotatable bonds is 1. The quantitative estimate of drug-likeness (QED) is 0.602. The normalized spacial score (nSPS) is 11.0. The highest BCUT2D eigenvalue weighted by Crippen LogP contribution is 2.29. The number of aromatic hydroxyl groups is 1. The molecule has 0 atom stereocenters. The van der Waals surface area contributed by atoms with Gasteiger partial charge in [0.15, 0.2) is 0 Å². The van der Waals surface area contributed by atoms with Crippen LogP contribution in [-0.2, 0) is 0 Å². The third-order valence-corrected chi connectivity index (χ3v) is 3.25. The Morgan fingerprint density at radius 3 is 2.88 bits per heavy atom. The van der Waals surface area contributed by atoms with Crippen molar-refractivity contribution in [3.05, 3.63) is 30.3 Å². The summed E-state index contributed by atoms with van der Waals surface area (Å²) >= 11 is 1.48. The van der Waals surface area contributed by atoms with Gasteiger partial charge in [-0.15, -0.1) is 11.3 Å². The van der Waals surface area contributed by atoms with Crippen LogP contribution in [0.3, 0.4) is 0 Å². The van der Waals surface area contributed by atoms with Gasteiger partial charge in [-0.25, -0.2) is 4.98 Å². The minimum absolute atomic E-state index is 0.230. The monoisotopic (exact) mass is 231 g/mol. The van der Waals surface area contributed by atoms with E-state index in [1.807, 2.05) is 12.1 Å². The number of hydrogen-bond acceptors (Lipinski definition) is 4. The Balaban J connectivity index is 2.18. The summed E-state index contributed by atoms with van der Waals surface area (Å²) in [6.07, 6.45) is 0. The third kappa shape index (κ3) is 1.42. The van der Waals surface area contributed by atoms with Crippen LogP contribution in [0.25, 0.3) is 21.7 Å². The third-order valence-electron chi connectivity index (χ3n) is 2.33. The summed E-state index contributed by atoms with van der Waals surface area (Å²) in [5, 5.41) is 10.1. The maximum Gasteiger partial charge on any atom is 0.148 e. The van der Waals surface area contributed by atoms with Gasteiger partial charge in [0.25, 0.3) is 0 Å². The van der Waals surface area contributed by atoms with E-state index >= 15 is 0 Å². The van der Waals surface area contributed by atoms with Gasteiger partial charge >= 0.3 is 0 Å². The molecule has 80 valence electrons. The number of hydrogen-bond donors (Lipinski definition) is 3. The molecule has 5 heteroatoms. The van der Waals surface area contributed by atoms with Crippen molar-refractivity contribution < 1.29 is 5.11 Å². The number of aromatic amines is 1. The Kier molecular flexibility index (Phi) is 1.87. The Bertz CT molecular complexity index is 656. The molecule has 0 radical (unpaired) electrons. The van der Waals surface area contributed by atoms with Crippen molar-refractivity contribution >= 4 is 27.4 Å². The van der Waals surface area contributed by atoms with Crippen LogP contribution in [0.15, 0.2) is 30.3 Å². The van der Waals surface area contributed by atoms with Crippen LogP contribution in [0, 0.1) is 0 Å². The maximum absolute atomic E-state index is 9.35. The van der Waals surface area contributed by atoms with Crippen molar-refractivity contribution in [1.29, 1.82) is 0 Å². The summed E-state index contributed by atoms with van der Waals surface area (Å²) < 4.78 is 0. The second kappa shape index (κ2) is 3.24. The zero-order valence-corrected chi connectivity index (χ0v) is 9.08. The first-order valence-corrected chi connectivity index (χ1v) is 5.58. The number of imidazole rings is 1. The molecule has 0 aliphatic rings. The maximum atomic E-state index is 9.35. The van der Waals surface area contributed by atoms with Gasteiger partial charge < -0.3 is 15.8 Å². The molecule has 0 saturated heterocycles. The first kappa shape index (κ1) is 9.23. The van der Waals surface area contributed by atoms with Crippen LogP contribution < -0.4 is 5.73 Å². The van der Waals surface area contributed by atoms with E-state index in [1.165, 1.54) is 11.3 Å². The number of thiophene rings is 1. The molecule has 0 saturated carbocycles. The molecule has 0 fully saturated rings. The molecule has 0 spiro atoms. The van der Waals surface area contributed by atoms with Gasteiger partial charge in [-0.2, -0.15) is 0 Å². The number of fused-ring (bicyclic) bond motifs is 1. The molecule has 16 heavy (non-hydrogen) atoms. The molecule has 0 aliphatic heterocycles. The molecule has 0 aliphatic carbocycles. The first-order valence-electron chi connectivity index (χ1n) is 4.77. The lowest BCUT2D eigenvalue weighted by Crippen LogP contribution is -1.74. The van der Waals surface area contributed by atoms with Gasteiger partial charge in [-0.3, -0.25) is 0 Å². The molecular formula is C11H9N3OS. The van der Waals surface area contributed by atoms with E-state index in [-0.39, 0.29) is 5.75 Å². The molecule has 0 bridgehead atoms. The lowest BCUT2D eigenvalue weighted by Gasteiger charge is -1.88. The highest BCUT2D eigenvalue weighted by molar-refractivity contribution is 7.19. The molecule has 1 aromatic carbocycles. The van der Waals surface area contributed by atoms with E-state index in [0.717, 1.165) is 26.7 Å². The predicted octanol–water partition coefficient (Wildman–Crippen LogP) is 2.58. The summed E-state index contributed by atoms with van der Waals surface area (Å²) in [6.45, 7) is 0. The minimum Gasteiger partial charge on any atom is -0.508 e. The number of anilines is 1. The van der Waals surface area contributed by atoms with E-state index in [9.17, 15) is 5.11 Å². The predicted molar refractivity (Wildman–Crippen MR) is 65.5 cm³/mol. The minimum atomic E-state index is 0.230. The summed E-state index contributed by atoms with van der Waals surface area (Å²) in [7, 11) is 0. The largest absolute Gasteiger partial charge is 0.508 e. The second-order valence-corrected chi connectivity index (χ2v) is 4.60. The van der Waals surface area contributed by atoms with Gasteiger partial charge in [-0.05, 0) is 24.3 Å². The van der Waals surface area contributed by atoms with Crippen LogP contribution in [0.2, 0.25) is 0 Å². The number of nitrogens with two attached hydrogens (primary N) is 1. The fourth-order valence-electron chi connectivity index (χ4n) is 1.59. The SMILES string of the molecule is Nc1ccc(-c2nc3ccc(O)cc3[nH]2)s1. The summed E-state index contributed by atoms with van der Waals surface area (Å²) in [6, 6.07) is 8.84. The summed E-state index contributed by atoms with van der Waals surface area (Å²) in [5.74, 6) is 1.01. The Labute approximate surface area is 95.4 Å². The number of nitrogen functional groups attached to an aromatic ring is 1. The second-order valence-electron chi connectivity index (χ2n) is 3.49. The molecule has 0 unspecified atom stereocenters. The number of H-pyrrole nitrogens is 1. The van der Waals surface area contributed by atoms with Crippen LogP contribution in [-0.4, -0.2) is 15.1 Å². The molecule has 2 heterocycles. The zero-order chi connectivity index (χ0) is 11.1. The topological polar surface area (TPSA) is 74.9 Å². The molecular weight excluding hydrogens is 222 g/mol. The fourth-order valence-corrected chi connectivity index (χ4v) is 2.31. The van der Waals surface area contributed by atoms with Crippen molar-refractivity contribution in [1.82, 2.24) is 9.97 Å². The lowest BCUT2D eigenvalue weighted by molar-refractivity contribution is 0.476. The first-order chi connectivity index (χ1) is 7.72. The van der Waals surface area contributed by atoms with Crippen LogP contribution >= 0.6 is 11.3 Å². The van der Waals surface area contributed by atoms with Gasteiger partial charge in [0.1, 0.15) is 11.6 Å². The van der Waals surface area contributed by atoms with Gasteiger partial charge in [0.05, 0.1) is 20.9 Å². The van der Waals surface area contributed by atoms with Gasteiger partial charge in [0.2, 0.25) is 0 Å². The smallest absolute Gasteiger partial charge is 0.148 e. The highest BCUT2D eigenvalue weighted by Gasteiger charge is 2.07. The zero-order valence-electron chi connectivity index (χ0n) is 8.27. The van der Waals surface area contributed by atoms with Gasteiger partial charge in [-0.1, -0.05) is 0 Å². The van der Waals surface area contributed by atoms with Crippen molar-refractivity contribution in [2.75, 3.05) is 5.73 Å². The van der Waals surface area contributed by atoms with E-state index in [2.05, 4.69) is 9.97 Å². The fraction of sp³-hybridized carbons (Fsp3) is 0. The number of aromatic nitrogens is 2. The van der Waals surface area contributed by atoms with E-state index < -0.39 is 0 Å². The van der Waals surface area contributed by atoms with Crippen molar-refractivity contribution in [2.45, 2.75) is 0 Å². The summed E-state index contributed by atoms with van der Waals surface area (Å²) in [5.41, 5.74) is 7.33. The van der Waals surface area contributed by atoms with E-state index in [1.54, 1.807) is 18.2 Å². The Morgan fingerprint density at radius 2 is 2.12 bits per heavy atom. The molecule has 2 aromatic heterocycles. The average Bonchev–Trinajstić information content (AvgIpc) is 2.83. The van der Waals surface area contributed by atoms with Crippen LogP contribution in [0.4, 0.5) is 5.00 Å². The molecule has 4 nitrogen and oxygen atoms in total. The molecule has 4 N–H and O–H groups in total. The molecule has 0 amide bonds. The number of nitrogens with one attached hydrogen (secondary N) is 1. The highest BCUT2D eigenvalue weighted by atomic mass is 32.1. The lowest BCUT2D eigenvalue weighted by atomic mass is 10.3. The average molecular weight is 231 g/mol. The van der Waals surface area contributed by atoms with Crippen molar-refractivity contribution in [3.63, 3.8) is 0 Å². The number of phenolic OH excluding ortho intramolecular Hbond substituents is 1. The molecule has 3 aromatic rings. The molecule has 3 rings (SSSR count). The number of benzene rings is 1. The van der Waals surface area contributed by atoms with Crippen molar-refractivity contribution in [3.8, 4) is 16.5 Å². The van der Waals surface area contributed by atoms with E-state index in [4.69, 9.17) is 5.73 Å². The Hall–Kier alpha value is -2.01. The number of phenols is 1. The van der Waals surface area contributed by atoms with Crippen molar-refractivity contribution in [2.24, 2.45) is 0 Å².